The van der Waals surface area contributed by atoms with Crippen molar-refractivity contribution in [2.45, 2.75) is 57.7 Å². The monoisotopic (exact) mass is 382 g/mol. The first-order valence-corrected chi connectivity index (χ1v) is 9.41. The Morgan fingerprint density at radius 1 is 1.14 bits per heavy atom. The van der Waals surface area contributed by atoms with Crippen LogP contribution in [0.5, 0.6) is 0 Å². The molecule has 2 N–H and O–H groups in total. The average Bonchev–Trinajstić information content (AvgIpc) is 2.63. The Balaban J connectivity index is 1.77. The van der Waals surface area contributed by atoms with E-state index in [1.807, 2.05) is 0 Å². The third-order valence-corrected chi connectivity index (χ3v) is 5.66. The fraction of sp³-hybridized carbons (Fsp3) is 0.476. The molecule has 1 aliphatic rings. The van der Waals surface area contributed by atoms with Gasteiger partial charge >= 0.3 is 0 Å². The van der Waals surface area contributed by atoms with Gasteiger partial charge in [-0.3, -0.25) is 4.90 Å². The molecule has 0 spiro atoms. The lowest BCUT2D eigenvalue weighted by Gasteiger charge is -2.53. The summed E-state index contributed by atoms with van der Waals surface area (Å²) in [4.78, 5) is 10.7. The number of aromatic nitrogens is 2. The number of rotatable bonds is 4. The zero-order valence-corrected chi connectivity index (χ0v) is 17.0. The second kappa shape index (κ2) is 7.36. The summed E-state index contributed by atoms with van der Waals surface area (Å²) in [6, 6.07) is 9.11. The number of likely N-dealkylation sites (tertiary alicyclic amines) is 1. The van der Waals surface area contributed by atoms with Gasteiger partial charge in [0.05, 0.1) is 17.8 Å². The Morgan fingerprint density at radius 2 is 1.75 bits per heavy atom. The van der Waals surface area contributed by atoms with E-state index in [1.54, 1.807) is 24.3 Å². The summed E-state index contributed by atoms with van der Waals surface area (Å²) in [5.41, 5.74) is 1.29. The molecule has 148 valence electrons. The quantitative estimate of drug-likeness (QED) is 0.821. The summed E-state index contributed by atoms with van der Waals surface area (Å²) in [5.74, 6) is 0.0345. The maximum atomic E-state index is 14.4. The van der Waals surface area contributed by atoms with Gasteiger partial charge in [-0.25, -0.2) is 9.37 Å². The number of nitrogens with one attached hydrogen (secondary N) is 2. The first-order chi connectivity index (χ1) is 13.1. The molecule has 1 aromatic heterocycles. The summed E-state index contributed by atoms with van der Waals surface area (Å²) < 4.78 is 14.4. The zero-order valence-electron chi connectivity index (χ0n) is 17.0. The highest BCUT2D eigenvalue weighted by Crippen LogP contribution is 2.38. The van der Waals surface area contributed by atoms with Crippen LogP contribution in [-0.4, -0.2) is 39.0 Å². The van der Waals surface area contributed by atoms with Gasteiger partial charge < -0.3 is 10.6 Å². The van der Waals surface area contributed by atoms with E-state index in [4.69, 9.17) is 5.26 Å². The Kier molecular flexibility index (Phi) is 5.26. The third kappa shape index (κ3) is 4.23. The maximum Gasteiger partial charge on any atom is 0.229 e. The number of hydrogen-bond donors (Lipinski definition) is 2. The molecule has 0 unspecified atom stereocenters. The molecule has 0 saturated carbocycles. The number of nitrogens with zero attached hydrogens (tertiary/aromatic N) is 4. The molecule has 1 aromatic carbocycles. The van der Waals surface area contributed by atoms with Crippen LogP contribution < -0.4 is 10.6 Å². The first-order valence-electron chi connectivity index (χ1n) is 9.41. The molecule has 1 saturated heterocycles. The van der Waals surface area contributed by atoms with Gasteiger partial charge in [-0.1, -0.05) is 0 Å². The smallest absolute Gasteiger partial charge is 0.229 e. The van der Waals surface area contributed by atoms with Crippen LogP contribution in [0.2, 0.25) is 0 Å². The van der Waals surface area contributed by atoms with Gasteiger partial charge in [0.25, 0.3) is 0 Å². The molecule has 6 nitrogen and oxygen atoms in total. The lowest BCUT2D eigenvalue weighted by molar-refractivity contribution is -0.00778. The van der Waals surface area contributed by atoms with Crippen LogP contribution >= 0.6 is 0 Å². The highest BCUT2D eigenvalue weighted by Gasteiger charge is 2.43. The normalized spacial score (nSPS) is 19.0. The molecular weight excluding hydrogens is 355 g/mol. The molecule has 1 aliphatic heterocycles. The summed E-state index contributed by atoms with van der Waals surface area (Å²) in [6.07, 6.45) is 2.94. The topological polar surface area (TPSA) is 76.9 Å². The van der Waals surface area contributed by atoms with E-state index < -0.39 is 5.82 Å². The largest absolute Gasteiger partial charge is 0.365 e. The number of nitriles is 1. The van der Waals surface area contributed by atoms with Crippen molar-refractivity contribution in [2.24, 2.45) is 0 Å². The van der Waals surface area contributed by atoms with Crippen LogP contribution in [0.4, 0.5) is 21.8 Å². The third-order valence-electron chi connectivity index (χ3n) is 5.66. The van der Waals surface area contributed by atoms with Gasteiger partial charge in [-0.15, -0.1) is 0 Å². The minimum absolute atomic E-state index is 0.00745. The molecule has 3 rings (SSSR count). The van der Waals surface area contributed by atoms with E-state index in [2.05, 4.69) is 66.3 Å². The highest BCUT2D eigenvalue weighted by atomic mass is 19.1. The number of anilines is 3. The standard InChI is InChI=1S/C21H27FN6/c1-20(2)10-16(11-21(3,4)28(20)5)25-18-17(22)13-24-19(27-18)26-15-8-6-14(12-23)7-9-15/h6-9,13,16H,10-11H2,1-5H3,(H2,24,25,26,27). The molecular formula is C21H27FN6. The highest BCUT2D eigenvalue weighted by molar-refractivity contribution is 5.56. The van der Waals surface area contributed by atoms with Crippen molar-refractivity contribution >= 4 is 17.5 Å². The van der Waals surface area contributed by atoms with Gasteiger partial charge in [0.2, 0.25) is 5.95 Å². The van der Waals surface area contributed by atoms with Gasteiger partial charge in [-0.05, 0) is 71.8 Å². The first kappa shape index (κ1) is 20.0. The van der Waals surface area contributed by atoms with Crippen molar-refractivity contribution in [2.75, 3.05) is 17.7 Å². The Hall–Kier alpha value is -2.72. The molecule has 0 radical (unpaired) electrons. The van der Waals surface area contributed by atoms with Crippen molar-refractivity contribution in [1.29, 1.82) is 5.26 Å². The van der Waals surface area contributed by atoms with Crippen molar-refractivity contribution in [3.05, 3.63) is 41.8 Å². The van der Waals surface area contributed by atoms with E-state index >= 15 is 0 Å². The van der Waals surface area contributed by atoms with Crippen molar-refractivity contribution < 1.29 is 4.39 Å². The van der Waals surface area contributed by atoms with Gasteiger partial charge in [0.15, 0.2) is 11.6 Å². The van der Waals surface area contributed by atoms with Crippen LogP contribution in [0.3, 0.4) is 0 Å². The fourth-order valence-electron chi connectivity index (χ4n) is 3.95. The van der Waals surface area contributed by atoms with Crippen LogP contribution in [0.15, 0.2) is 30.5 Å². The van der Waals surface area contributed by atoms with Crippen molar-refractivity contribution in [3.8, 4) is 6.07 Å². The molecule has 0 atom stereocenters. The van der Waals surface area contributed by atoms with Crippen molar-refractivity contribution in [1.82, 2.24) is 14.9 Å². The maximum absolute atomic E-state index is 14.4. The fourth-order valence-corrected chi connectivity index (χ4v) is 3.95. The Bertz CT molecular complexity index is 867. The minimum Gasteiger partial charge on any atom is -0.365 e. The summed E-state index contributed by atoms with van der Waals surface area (Å²) in [5, 5.41) is 15.2. The van der Waals surface area contributed by atoms with E-state index in [9.17, 15) is 4.39 Å². The number of halogens is 1. The Morgan fingerprint density at radius 3 is 2.32 bits per heavy atom. The van der Waals surface area contributed by atoms with E-state index in [1.165, 1.54) is 6.20 Å². The van der Waals surface area contributed by atoms with Crippen LogP contribution in [0, 0.1) is 17.1 Å². The number of piperidine rings is 1. The molecule has 7 heteroatoms. The zero-order chi connectivity index (χ0) is 20.5. The SMILES string of the molecule is CN1C(C)(C)CC(Nc2nc(Nc3ccc(C#N)cc3)ncc2F)CC1(C)C. The van der Waals surface area contributed by atoms with E-state index in [0.717, 1.165) is 18.5 Å². The summed E-state index contributed by atoms with van der Waals surface area (Å²) in [7, 11) is 2.14. The molecule has 1 fully saturated rings. The van der Waals surface area contributed by atoms with Gasteiger partial charge in [0, 0.05) is 22.8 Å². The predicted molar refractivity (Wildman–Crippen MR) is 109 cm³/mol. The van der Waals surface area contributed by atoms with Gasteiger partial charge in [0.1, 0.15) is 0 Å². The summed E-state index contributed by atoms with van der Waals surface area (Å²) >= 11 is 0. The molecule has 0 amide bonds. The van der Waals surface area contributed by atoms with Crippen molar-refractivity contribution in [3.63, 3.8) is 0 Å². The number of benzene rings is 1. The molecule has 2 heterocycles. The second-order valence-corrected chi connectivity index (χ2v) is 8.64. The van der Waals surface area contributed by atoms with Crippen LogP contribution in [-0.2, 0) is 0 Å². The van der Waals surface area contributed by atoms with E-state index in [0.29, 0.717) is 11.5 Å². The van der Waals surface area contributed by atoms with Crippen LogP contribution in [0.25, 0.3) is 0 Å². The van der Waals surface area contributed by atoms with E-state index in [-0.39, 0.29) is 22.9 Å². The predicted octanol–water partition coefficient (Wildman–Crippen LogP) is 4.29. The molecule has 0 aliphatic carbocycles. The second-order valence-electron chi connectivity index (χ2n) is 8.64. The minimum atomic E-state index is -0.472. The number of hydrogen-bond acceptors (Lipinski definition) is 6. The summed E-state index contributed by atoms with van der Waals surface area (Å²) in [6.45, 7) is 8.82. The molecule has 0 bridgehead atoms. The Labute approximate surface area is 165 Å². The lowest BCUT2D eigenvalue weighted by atomic mass is 9.77. The molecule has 28 heavy (non-hydrogen) atoms. The van der Waals surface area contributed by atoms with Gasteiger partial charge in [-0.2, -0.15) is 10.2 Å². The molecule has 2 aromatic rings. The van der Waals surface area contributed by atoms with Crippen LogP contribution in [0.1, 0.15) is 46.1 Å². The average molecular weight is 382 g/mol. The lowest BCUT2D eigenvalue weighted by Crippen LogP contribution is -2.61.